The quantitative estimate of drug-likeness (QED) is 0.176. The minimum absolute atomic E-state index is 0. The van der Waals surface area contributed by atoms with Gasteiger partial charge in [0.25, 0.3) is 0 Å². The van der Waals surface area contributed by atoms with E-state index in [-0.39, 0.29) is 34.5 Å². The van der Waals surface area contributed by atoms with Crippen molar-refractivity contribution in [2.75, 3.05) is 5.32 Å². The summed E-state index contributed by atoms with van der Waals surface area (Å²) in [5.74, 6) is 0. The Morgan fingerprint density at radius 1 is 0.970 bits per heavy atom. The maximum atomic E-state index is 12.2. The third-order valence-electron chi connectivity index (χ3n) is 5.05. The molecule has 0 amide bonds. The van der Waals surface area contributed by atoms with E-state index in [0.717, 1.165) is 10.6 Å². The first-order valence-corrected chi connectivity index (χ1v) is 11.9. The fourth-order valence-corrected chi connectivity index (χ4v) is 6.02. The molecule has 8 nitrogen and oxygen atoms in total. The van der Waals surface area contributed by atoms with Crippen molar-refractivity contribution in [1.82, 2.24) is 19.9 Å². The molecule has 1 N–H and O–H groups in total. The zero-order chi connectivity index (χ0) is 22.5. The number of hydrogen-bond acceptors (Lipinski definition) is 9. The molecule has 0 atom stereocenters. The number of nitrogens with zero attached hydrogens (tertiary/aromatic N) is 4. The molecule has 33 heavy (non-hydrogen) atoms. The van der Waals surface area contributed by atoms with E-state index in [4.69, 9.17) is 0 Å². The molecule has 2 aromatic heterocycles. The number of aromatic nitrogens is 4. The minimum atomic E-state index is -4.74. The van der Waals surface area contributed by atoms with Gasteiger partial charge in [0.05, 0.1) is 21.2 Å². The number of hydrogen-bond donors (Lipinski definition) is 1. The van der Waals surface area contributed by atoms with Gasteiger partial charge in [-0.15, -0.1) is 0 Å². The van der Waals surface area contributed by atoms with E-state index in [2.05, 4.69) is 25.3 Å². The molecule has 5 rings (SSSR count). The summed E-state index contributed by atoms with van der Waals surface area (Å²) in [5.41, 5.74) is 4.58. The first kappa shape index (κ1) is 23.8. The summed E-state index contributed by atoms with van der Waals surface area (Å²) in [6.45, 7) is 3.38. The Hall–Kier alpha value is -2.34. The van der Waals surface area contributed by atoms with Crippen molar-refractivity contribution in [1.29, 1.82) is 0 Å². The van der Waals surface area contributed by atoms with Crippen LogP contribution in [0.15, 0.2) is 70.5 Å². The van der Waals surface area contributed by atoms with Crippen LogP contribution in [-0.2, 0) is 10.1 Å². The molecule has 0 fully saturated rings. The third-order valence-corrected chi connectivity index (χ3v) is 7.34. The van der Waals surface area contributed by atoms with E-state index in [1.165, 1.54) is 11.8 Å². The van der Waals surface area contributed by atoms with Crippen LogP contribution in [-0.4, -0.2) is 32.9 Å². The van der Waals surface area contributed by atoms with Crippen LogP contribution in [0.2, 0.25) is 0 Å². The van der Waals surface area contributed by atoms with Crippen molar-refractivity contribution >= 4 is 60.2 Å². The first-order valence-electron chi connectivity index (χ1n) is 9.65. The normalized spacial score (nSPS) is 13.8. The average Bonchev–Trinajstić information content (AvgIpc) is 2.78. The topological polar surface area (TPSA) is 121 Å². The number of rotatable bonds is 3. The molecule has 0 saturated heterocycles. The van der Waals surface area contributed by atoms with Crippen molar-refractivity contribution in [3.63, 3.8) is 0 Å². The summed E-state index contributed by atoms with van der Waals surface area (Å²) in [4.78, 5) is 19.0. The molecule has 0 saturated carbocycles. The predicted molar refractivity (Wildman–Crippen MR) is 124 cm³/mol. The Bertz CT molecular complexity index is 1590. The molecule has 3 heterocycles. The van der Waals surface area contributed by atoms with E-state index in [9.17, 15) is 13.0 Å². The molecular formula is C22H16N5NaO3S2. The van der Waals surface area contributed by atoms with Crippen molar-refractivity contribution in [2.45, 2.75) is 23.6 Å². The second-order valence-electron chi connectivity index (χ2n) is 7.09. The molecule has 0 spiro atoms. The fraction of sp³-hybridized carbons (Fsp3) is 0.0909. The molecule has 0 unspecified atom stereocenters. The number of nitrogens with one attached hydrogen (secondary N) is 1. The minimum Gasteiger partial charge on any atom is -0.744 e. The Labute approximate surface area is 216 Å². The molecule has 2 aromatic carbocycles. The third kappa shape index (κ3) is 4.07. The largest absolute Gasteiger partial charge is 1.00 e. The van der Waals surface area contributed by atoms with Crippen molar-refractivity contribution in [3.8, 4) is 0 Å². The van der Waals surface area contributed by atoms with Gasteiger partial charge in [-0.25, -0.2) is 8.42 Å². The van der Waals surface area contributed by atoms with Crippen molar-refractivity contribution in [2.24, 2.45) is 0 Å². The SMILES string of the molecule is CC=CC(C)=C(c1cccc2c1Sc1c(c3nccnc3c3nccnc13)N2)S(=O)(=O)[O-].[Na+]. The van der Waals surface area contributed by atoms with E-state index >= 15 is 0 Å². The zero-order valence-electron chi connectivity index (χ0n) is 18.0. The van der Waals surface area contributed by atoms with Gasteiger partial charge in [0.2, 0.25) is 0 Å². The van der Waals surface area contributed by atoms with Gasteiger partial charge >= 0.3 is 29.6 Å². The van der Waals surface area contributed by atoms with Crippen LogP contribution in [0.3, 0.4) is 0 Å². The molecule has 11 heteroatoms. The second-order valence-corrected chi connectivity index (χ2v) is 9.42. The molecule has 0 bridgehead atoms. The van der Waals surface area contributed by atoms with Crippen LogP contribution >= 0.6 is 11.8 Å². The Kier molecular flexibility index (Phi) is 6.59. The van der Waals surface area contributed by atoms with Crippen molar-refractivity contribution in [3.05, 3.63) is 66.3 Å². The maximum absolute atomic E-state index is 12.2. The van der Waals surface area contributed by atoms with Gasteiger partial charge in [0, 0.05) is 35.2 Å². The number of fused-ring (bicyclic) bond motifs is 7. The Balaban J connectivity index is 0.00000259. The van der Waals surface area contributed by atoms with Crippen LogP contribution in [0, 0.1) is 0 Å². The predicted octanol–water partition coefficient (Wildman–Crippen LogP) is 1.64. The van der Waals surface area contributed by atoms with Gasteiger partial charge in [-0.2, -0.15) is 0 Å². The van der Waals surface area contributed by atoms with Gasteiger partial charge < -0.3 is 9.87 Å². The monoisotopic (exact) mass is 485 g/mol. The van der Waals surface area contributed by atoms with Gasteiger partial charge in [0.15, 0.2) is 0 Å². The van der Waals surface area contributed by atoms with E-state index in [1.54, 1.807) is 62.9 Å². The maximum Gasteiger partial charge on any atom is 1.00 e. The van der Waals surface area contributed by atoms with Gasteiger partial charge in [0.1, 0.15) is 32.2 Å². The number of allylic oxidation sites excluding steroid dienone is 3. The second kappa shape index (κ2) is 9.13. The Morgan fingerprint density at radius 2 is 1.58 bits per heavy atom. The summed E-state index contributed by atoms with van der Waals surface area (Å²) < 4.78 is 36.7. The summed E-state index contributed by atoms with van der Waals surface area (Å²) in [6.07, 6.45) is 9.71. The van der Waals surface area contributed by atoms with Crippen LogP contribution in [0.5, 0.6) is 0 Å². The standard InChI is InChI=1S/C22H17N5O3S2.Na/c1-3-5-12(2)22(32(28,29)30)13-6-4-7-14-20(13)31-21-18-16(24-10-11-26-18)15-17(19(21)27-14)25-9-8-23-15;/h3-11,27H,1-2H3,(H,28,29,30);/q;+1/p-1. The molecule has 4 aromatic rings. The van der Waals surface area contributed by atoms with Gasteiger partial charge in [-0.1, -0.05) is 36.0 Å². The zero-order valence-corrected chi connectivity index (χ0v) is 21.7. The average molecular weight is 486 g/mol. The van der Waals surface area contributed by atoms with Crippen molar-refractivity contribution < 1.29 is 42.5 Å². The smallest absolute Gasteiger partial charge is 0.744 e. The summed E-state index contributed by atoms with van der Waals surface area (Å²) in [6, 6.07) is 5.19. The van der Waals surface area contributed by atoms with Gasteiger partial charge in [-0.05, 0) is 25.5 Å². The molecule has 0 radical (unpaired) electrons. The number of anilines is 2. The molecule has 160 valence electrons. The molecule has 0 aliphatic carbocycles. The Morgan fingerprint density at radius 3 is 2.21 bits per heavy atom. The van der Waals surface area contributed by atoms with Crippen LogP contribution in [0.1, 0.15) is 19.4 Å². The van der Waals surface area contributed by atoms with Gasteiger partial charge in [-0.3, -0.25) is 19.9 Å². The van der Waals surface area contributed by atoms with Crippen LogP contribution < -0.4 is 34.9 Å². The summed E-state index contributed by atoms with van der Waals surface area (Å²) >= 11 is 1.34. The first-order chi connectivity index (χ1) is 15.4. The molecule has 1 aliphatic rings. The molecule has 1 aliphatic heterocycles. The van der Waals surface area contributed by atoms with Crippen LogP contribution in [0.4, 0.5) is 11.4 Å². The van der Waals surface area contributed by atoms with E-state index in [1.807, 2.05) is 6.07 Å². The van der Waals surface area contributed by atoms with E-state index < -0.39 is 10.1 Å². The number of benzene rings is 2. The summed E-state index contributed by atoms with van der Waals surface area (Å²) in [7, 11) is -4.74. The fourth-order valence-electron chi connectivity index (χ4n) is 3.84. The molecular weight excluding hydrogens is 469 g/mol. The van der Waals surface area contributed by atoms with E-state index in [0.29, 0.717) is 43.8 Å². The van der Waals surface area contributed by atoms with Crippen LogP contribution in [0.25, 0.3) is 27.0 Å². The summed E-state index contributed by atoms with van der Waals surface area (Å²) in [5, 5.41) is 3.36.